The van der Waals surface area contributed by atoms with Crippen molar-refractivity contribution in [3.63, 3.8) is 0 Å². The number of carbonyl (C=O) groups is 2. The summed E-state index contributed by atoms with van der Waals surface area (Å²) in [5.41, 5.74) is 0.302. The van der Waals surface area contributed by atoms with Gasteiger partial charge >= 0.3 is 28.3 Å². The van der Waals surface area contributed by atoms with E-state index in [9.17, 15) is 9.59 Å². The van der Waals surface area contributed by atoms with Crippen LogP contribution in [0.2, 0.25) is 0 Å². The first-order valence-electron chi connectivity index (χ1n) is 7.57. The second-order valence-corrected chi connectivity index (χ2v) is 7.50. The summed E-state index contributed by atoms with van der Waals surface area (Å²) in [6, 6.07) is 8.68. The van der Waals surface area contributed by atoms with Gasteiger partial charge in [-0.25, -0.2) is 4.79 Å². The Morgan fingerprint density at radius 1 is 1.22 bits per heavy atom. The van der Waals surface area contributed by atoms with Crippen LogP contribution in [0.4, 0.5) is 0 Å². The smallest absolute Gasteiger partial charge is 1.00 e. The molecular weight excluding hydrogens is 612 g/mol. The molecule has 5 nitrogen and oxygen atoms in total. The zero-order valence-electron chi connectivity index (χ0n) is 15.4. The molecule has 0 aromatic heterocycles. The van der Waals surface area contributed by atoms with Crippen LogP contribution >= 0.6 is 12.2 Å². The van der Waals surface area contributed by atoms with Gasteiger partial charge in [0.1, 0.15) is 11.6 Å². The molecule has 156 valence electrons. The van der Waals surface area contributed by atoms with Crippen LogP contribution in [0.5, 0.6) is 0 Å². The summed E-state index contributed by atoms with van der Waals surface area (Å²) in [5, 5.41) is 2.71. The molecule has 0 saturated heterocycles. The topological polar surface area (TPSA) is 58.6 Å². The van der Waals surface area contributed by atoms with E-state index in [0.29, 0.717) is 6.42 Å². The van der Waals surface area contributed by atoms with Crippen LogP contribution in [-0.2, 0) is 55.8 Å². The maximum atomic E-state index is 12.4. The predicted molar refractivity (Wildman–Crippen MR) is 101 cm³/mol. The summed E-state index contributed by atoms with van der Waals surface area (Å²) >= 11 is 9.70. The molecule has 0 saturated carbocycles. The fourth-order valence-electron chi connectivity index (χ4n) is 1.94. The molecule has 1 atom stereocenters. The number of ether oxygens (including phenoxy) is 1. The van der Waals surface area contributed by atoms with E-state index in [1.807, 2.05) is 30.3 Å². The molecular formula is C17H23AuCl2N2O3S2. The Hall–Kier alpha value is -0.410. The summed E-state index contributed by atoms with van der Waals surface area (Å²) in [6.07, 6.45) is 0.351. The van der Waals surface area contributed by atoms with Crippen molar-refractivity contribution >= 4 is 41.0 Å². The summed E-state index contributed by atoms with van der Waals surface area (Å²) < 4.78 is 5.61. The summed E-state index contributed by atoms with van der Waals surface area (Å²) in [4.78, 5) is 26.1. The molecule has 0 aliphatic heterocycles. The van der Waals surface area contributed by atoms with Crippen molar-refractivity contribution in [3.05, 3.63) is 35.9 Å². The van der Waals surface area contributed by atoms with Gasteiger partial charge in [0.2, 0.25) is 5.91 Å². The van der Waals surface area contributed by atoms with Crippen molar-refractivity contribution in [1.82, 2.24) is 10.2 Å². The molecule has 27 heavy (non-hydrogen) atoms. The third kappa shape index (κ3) is 13.4. The van der Waals surface area contributed by atoms with Gasteiger partial charge in [0.25, 0.3) is 0 Å². The van der Waals surface area contributed by atoms with E-state index in [-0.39, 0.29) is 64.0 Å². The van der Waals surface area contributed by atoms with E-state index in [4.69, 9.17) is 29.6 Å². The van der Waals surface area contributed by atoms with Gasteiger partial charge in [0.05, 0.1) is 6.54 Å². The number of nitrogens with zero attached hydrogens (tertiary/aromatic N) is 1. The first kappa shape index (κ1) is 31.3. The zero-order valence-corrected chi connectivity index (χ0v) is 20.7. The number of benzene rings is 1. The van der Waals surface area contributed by atoms with Crippen molar-refractivity contribution in [3.8, 4) is 0 Å². The average molecular weight is 635 g/mol. The molecule has 0 aliphatic carbocycles. The van der Waals surface area contributed by atoms with Gasteiger partial charge in [0, 0.05) is 13.5 Å². The van der Waals surface area contributed by atoms with Crippen LogP contribution < -0.4 is 30.1 Å². The third-order valence-electron chi connectivity index (χ3n) is 3.00. The van der Waals surface area contributed by atoms with Crippen molar-refractivity contribution < 1.29 is 61.5 Å². The average Bonchev–Trinajstić information content (AvgIpc) is 2.45. The Balaban J connectivity index is -0.00000192. The molecule has 1 amide bonds. The number of amides is 1. The minimum Gasteiger partial charge on any atom is -1.00 e. The van der Waals surface area contributed by atoms with Crippen molar-refractivity contribution in [2.75, 3.05) is 13.6 Å². The molecule has 1 rings (SSSR count). The monoisotopic (exact) mass is 634 g/mol. The predicted octanol–water partition coefficient (Wildman–Crippen LogP) is -4.18. The summed E-state index contributed by atoms with van der Waals surface area (Å²) in [5.74, 6) is -0.806. The number of halogens is 2. The Bertz CT molecular complexity index is 602. The van der Waals surface area contributed by atoms with Crippen molar-refractivity contribution in [1.29, 1.82) is 0 Å². The fourth-order valence-corrected chi connectivity index (χ4v) is 2.07. The van der Waals surface area contributed by atoms with Crippen molar-refractivity contribution in [2.45, 2.75) is 38.8 Å². The molecule has 0 spiro atoms. The van der Waals surface area contributed by atoms with Crippen LogP contribution in [0.15, 0.2) is 30.3 Å². The Kier molecular flexibility index (Phi) is 16.9. The second-order valence-electron chi connectivity index (χ2n) is 6.47. The molecule has 1 unspecified atom stereocenters. The van der Waals surface area contributed by atoms with E-state index in [0.717, 1.165) is 5.56 Å². The van der Waals surface area contributed by atoms with E-state index < -0.39 is 17.6 Å². The molecule has 0 fully saturated rings. The summed E-state index contributed by atoms with van der Waals surface area (Å²) in [6.45, 7) is 5.36. The first-order chi connectivity index (χ1) is 11.1. The number of hydrogen-bond acceptors (Lipinski definition) is 5. The Labute approximate surface area is 200 Å². The Morgan fingerprint density at radius 2 is 1.74 bits per heavy atom. The molecule has 0 aliphatic rings. The van der Waals surface area contributed by atoms with Crippen LogP contribution in [-0.4, -0.2) is 46.3 Å². The van der Waals surface area contributed by atoms with Gasteiger partial charge in [0.15, 0.2) is 0 Å². The molecule has 10 heteroatoms. The van der Waals surface area contributed by atoms with Gasteiger partial charge < -0.3 is 64.6 Å². The van der Waals surface area contributed by atoms with E-state index >= 15 is 0 Å². The maximum Gasteiger partial charge on any atom is 3.00 e. The summed E-state index contributed by atoms with van der Waals surface area (Å²) in [7, 11) is 1.63. The standard InChI is InChI=1S/C17H24N2O3S2.Au.2ClH/c1-17(2,3)22-15(21)13(10-12-8-6-5-7-9-12)18-14(20)11-19(4)16(23)24;;;/h5-9,13H,10-11H2,1-4H3,(H,18,20)(H,23,24);;2*1H/q;+3;;/p-3. The quantitative estimate of drug-likeness (QED) is 0.148. The molecule has 1 N–H and O–H groups in total. The van der Waals surface area contributed by atoms with Crippen molar-refractivity contribution in [2.24, 2.45) is 0 Å². The molecule has 0 radical (unpaired) electrons. The molecule has 1 aromatic rings. The largest absolute Gasteiger partial charge is 3.00 e. The van der Waals surface area contributed by atoms with Crippen LogP contribution in [0.1, 0.15) is 26.3 Å². The van der Waals surface area contributed by atoms with Crippen LogP contribution in [0, 0.1) is 0 Å². The van der Waals surface area contributed by atoms with E-state index in [2.05, 4.69) is 5.32 Å². The van der Waals surface area contributed by atoms with E-state index in [1.165, 1.54) is 4.90 Å². The molecule has 0 bridgehead atoms. The number of esters is 1. The zero-order chi connectivity index (χ0) is 18.3. The van der Waals surface area contributed by atoms with Crippen LogP contribution in [0.3, 0.4) is 0 Å². The number of likely N-dealkylation sites (N-methyl/N-ethyl adjacent to an activating group) is 1. The fraction of sp³-hybridized carbons (Fsp3) is 0.471. The molecule has 1 aromatic carbocycles. The second kappa shape index (κ2) is 14.6. The SMILES string of the molecule is CN(CC(=O)NC(Cc1ccccc1)C(=O)OC(C)(C)C)C(=S)[S-].[Au+3].[Cl-].[Cl-]. The first-order valence-corrected chi connectivity index (χ1v) is 8.38. The number of thiocarbonyl (C=S) groups is 1. The maximum absolute atomic E-state index is 12.4. The third-order valence-corrected chi connectivity index (χ3v) is 3.62. The number of nitrogens with one attached hydrogen (secondary N) is 1. The Morgan fingerprint density at radius 3 is 2.19 bits per heavy atom. The van der Waals surface area contributed by atoms with Gasteiger partial charge in [-0.2, -0.15) is 0 Å². The number of hydrogen-bond donors (Lipinski definition) is 1. The van der Waals surface area contributed by atoms with Gasteiger partial charge in [-0.05, 0) is 26.3 Å². The molecule has 0 heterocycles. The minimum atomic E-state index is -0.772. The minimum absolute atomic E-state index is 0. The van der Waals surface area contributed by atoms with Crippen LogP contribution in [0.25, 0.3) is 0 Å². The number of carbonyl (C=O) groups excluding carboxylic acids is 2. The normalized spacial score (nSPS) is 10.8. The van der Waals surface area contributed by atoms with Gasteiger partial charge in [-0.3, -0.25) is 4.79 Å². The van der Waals surface area contributed by atoms with Gasteiger partial charge in [-0.15, -0.1) is 0 Å². The van der Waals surface area contributed by atoms with Gasteiger partial charge in [-0.1, -0.05) is 34.7 Å². The van der Waals surface area contributed by atoms with E-state index in [1.54, 1.807) is 27.8 Å². The number of rotatable bonds is 6.